The second-order valence-corrected chi connectivity index (χ2v) is 6.40. The lowest BCUT2D eigenvalue weighted by Crippen LogP contribution is -2.67. The predicted molar refractivity (Wildman–Crippen MR) is 83.7 cm³/mol. The van der Waals surface area contributed by atoms with Gasteiger partial charge in [0.2, 0.25) is 0 Å². The molecular formula is C18H20FN3. The van der Waals surface area contributed by atoms with E-state index in [2.05, 4.69) is 26.9 Å². The van der Waals surface area contributed by atoms with Crippen LogP contribution in [0.3, 0.4) is 0 Å². The lowest BCUT2D eigenvalue weighted by Gasteiger charge is -2.56. The molecular weight excluding hydrogens is 277 g/mol. The molecule has 114 valence electrons. The van der Waals surface area contributed by atoms with E-state index in [-0.39, 0.29) is 5.82 Å². The predicted octanol–water partition coefficient (Wildman–Crippen LogP) is 2.68. The van der Waals surface area contributed by atoms with E-state index in [4.69, 9.17) is 0 Å². The summed E-state index contributed by atoms with van der Waals surface area (Å²) < 4.78 is 13.3. The molecule has 0 spiro atoms. The largest absolute Gasteiger partial charge is 0.296 e. The van der Waals surface area contributed by atoms with Crippen LogP contribution in [0.25, 0.3) is 0 Å². The van der Waals surface area contributed by atoms with Crippen molar-refractivity contribution in [2.75, 3.05) is 13.1 Å². The SMILES string of the molecule is Fc1cccc(CN2C3CC2CN(Cc2ccncc2)C3)c1. The molecule has 1 aromatic heterocycles. The Hall–Kier alpha value is -1.78. The van der Waals surface area contributed by atoms with E-state index >= 15 is 0 Å². The van der Waals surface area contributed by atoms with E-state index in [0.717, 1.165) is 31.7 Å². The Morgan fingerprint density at radius 1 is 1.00 bits per heavy atom. The molecule has 1 aromatic carbocycles. The highest BCUT2D eigenvalue weighted by molar-refractivity contribution is 5.18. The number of nitrogens with zero attached hydrogens (tertiary/aromatic N) is 3. The van der Waals surface area contributed by atoms with Crippen LogP contribution in [0, 0.1) is 5.82 Å². The molecule has 2 atom stereocenters. The zero-order valence-electron chi connectivity index (χ0n) is 12.5. The van der Waals surface area contributed by atoms with Gasteiger partial charge in [0.25, 0.3) is 0 Å². The molecule has 2 unspecified atom stereocenters. The molecule has 22 heavy (non-hydrogen) atoms. The van der Waals surface area contributed by atoms with E-state index in [9.17, 15) is 4.39 Å². The lowest BCUT2D eigenvalue weighted by atomic mass is 9.86. The Labute approximate surface area is 130 Å². The van der Waals surface area contributed by atoms with Crippen LogP contribution in [0.2, 0.25) is 0 Å². The third kappa shape index (κ3) is 2.76. The van der Waals surface area contributed by atoms with Gasteiger partial charge in [-0.2, -0.15) is 0 Å². The van der Waals surface area contributed by atoms with Gasteiger partial charge in [0.15, 0.2) is 0 Å². The van der Waals surface area contributed by atoms with Crippen LogP contribution >= 0.6 is 0 Å². The summed E-state index contributed by atoms with van der Waals surface area (Å²) in [5, 5.41) is 0. The molecule has 3 aliphatic heterocycles. The summed E-state index contributed by atoms with van der Waals surface area (Å²) >= 11 is 0. The first kappa shape index (κ1) is 13.9. The van der Waals surface area contributed by atoms with E-state index in [1.165, 1.54) is 18.1 Å². The summed E-state index contributed by atoms with van der Waals surface area (Å²) in [7, 11) is 0. The van der Waals surface area contributed by atoms with Crippen LogP contribution in [0.15, 0.2) is 48.8 Å². The monoisotopic (exact) mass is 297 g/mol. The quantitative estimate of drug-likeness (QED) is 0.865. The first-order valence-electron chi connectivity index (χ1n) is 7.89. The van der Waals surface area contributed by atoms with Gasteiger partial charge < -0.3 is 0 Å². The fourth-order valence-corrected chi connectivity index (χ4v) is 3.75. The number of rotatable bonds is 4. The van der Waals surface area contributed by atoms with E-state index in [0.29, 0.717) is 12.1 Å². The van der Waals surface area contributed by atoms with Crippen molar-refractivity contribution in [2.45, 2.75) is 31.6 Å². The van der Waals surface area contributed by atoms with Gasteiger partial charge in [-0.1, -0.05) is 12.1 Å². The Bertz CT molecular complexity index is 634. The Balaban J connectivity index is 1.36. The van der Waals surface area contributed by atoms with Crippen molar-refractivity contribution in [2.24, 2.45) is 0 Å². The standard InChI is InChI=1S/C18H20FN3/c19-16-3-1-2-15(8-16)11-22-17-9-18(22)13-21(12-17)10-14-4-6-20-7-5-14/h1-8,17-18H,9-13H2. The zero-order chi connectivity index (χ0) is 14.9. The van der Waals surface area contributed by atoms with Crippen molar-refractivity contribution in [3.63, 3.8) is 0 Å². The topological polar surface area (TPSA) is 19.4 Å². The minimum atomic E-state index is -0.137. The van der Waals surface area contributed by atoms with Crippen molar-refractivity contribution in [3.8, 4) is 0 Å². The number of hydrogen-bond acceptors (Lipinski definition) is 3. The average molecular weight is 297 g/mol. The number of pyridine rings is 1. The Morgan fingerprint density at radius 2 is 1.77 bits per heavy atom. The van der Waals surface area contributed by atoms with Crippen LogP contribution in [0.4, 0.5) is 4.39 Å². The second kappa shape index (κ2) is 5.78. The molecule has 0 aliphatic carbocycles. The van der Waals surface area contributed by atoms with Gasteiger partial charge >= 0.3 is 0 Å². The third-order valence-electron chi connectivity index (χ3n) is 4.83. The molecule has 3 nitrogen and oxygen atoms in total. The van der Waals surface area contributed by atoms with Gasteiger partial charge in [-0.25, -0.2) is 4.39 Å². The minimum Gasteiger partial charge on any atom is -0.296 e. The van der Waals surface area contributed by atoms with Crippen molar-refractivity contribution in [1.82, 2.24) is 14.8 Å². The molecule has 0 radical (unpaired) electrons. The number of hydrogen-bond donors (Lipinski definition) is 0. The summed E-state index contributed by atoms with van der Waals surface area (Å²) in [5.41, 5.74) is 2.41. The van der Waals surface area contributed by atoms with Crippen LogP contribution < -0.4 is 0 Å². The van der Waals surface area contributed by atoms with E-state index in [1.54, 1.807) is 12.1 Å². The van der Waals surface area contributed by atoms with Crippen LogP contribution in [0.5, 0.6) is 0 Å². The number of piperazine rings is 1. The molecule has 5 rings (SSSR count). The maximum atomic E-state index is 13.3. The summed E-state index contributed by atoms with van der Waals surface area (Å²) in [5.74, 6) is -0.137. The Morgan fingerprint density at radius 3 is 2.50 bits per heavy atom. The normalized spacial score (nSPS) is 25.0. The minimum absolute atomic E-state index is 0.137. The highest BCUT2D eigenvalue weighted by Crippen LogP contribution is 2.34. The fourth-order valence-electron chi connectivity index (χ4n) is 3.75. The van der Waals surface area contributed by atoms with Gasteiger partial charge in [0, 0.05) is 50.7 Å². The number of piperidine rings is 1. The molecule has 2 bridgehead atoms. The highest BCUT2D eigenvalue weighted by Gasteiger charge is 2.44. The molecule has 0 saturated carbocycles. The maximum Gasteiger partial charge on any atom is 0.123 e. The summed E-state index contributed by atoms with van der Waals surface area (Å²) in [6.07, 6.45) is 4.99. The molecule has 4 heterocycles. The van der Waals surface area contributed by atoms with Crippen molar-refractivity contribution >= 4 is 0 Å². The first-order chi connectivity index (χ1) is 10.8. The van der Waals surface area contributed by atoms with Crippen molar-refractivity contribution < 1.29 is 4.39 Å². The Kier molecular flexibility index (Phi) is 3.64. The number of fused-ring (bicyclic) bond motifs is 2. The molecule has 0 N–H and O–H groups in total. The third-order valence-corrected chi connectivity index (χ3v) is 4.83. The van der Waals surface area contributed by atoms with E-state index < -0.39 is 0 Å². The highest BCUT2D eigenvalue weighted by atomic mass is 19.1. The molecule has 3 saturated heterocycles. The second-order valence-electron chi connectivity index (χ2n) is 6.40. The smallest absolute Gasteiger partial charge is 0.123 e. The van der Waals surface area contributed by atoms with Gasteiger partial charge in [-0.15, -0.1) is 0 Å². The summed E-state index contributed by atoms with van der Waals surface area (Å²) in [4.78, 5) is 9.12. The zero-order valence-corrected chi connectivity index (χ0v) is 12.5. The molecule has 3 fully saturated rings. The maximum absolute atomic E-state index is 13.3. The summed E-state index contributed by atoms with van der Waals surface area (Å²) in [6, 6.07) is 12.4. The average Bonchev–Trinajstić information content (AvgIpc) is 2.54. The summed E-state index contributed by atoms with van der Waals surface area (Å²) in [6.45, 7) is 4.09. The van der Waals surface area contributed by atoms with Crippen LogP contribution in [-0.2, 0) is 13.1 Å². The number of aromatic nitrogens is 1. The molecule has 2 aromatic rings. The van der Waals surface area contributed by atoms with E-state index in [1.807, 2.05) is 18.5 Å². The number of halogens is 1. The van der Waals surface area contributed by atoms with Crippen LogP contribution in [-0.4, -0.2) is 40.0 Å². The van der Waals surface area contributed by atoms with Crippen molar-refractivity contribution in [3.05, 3.63) is 65.7 Å². The van der Waals surface area contributed by atoms with Gasteiger partial charge in [-0.05, 0) is 41.8 Å². The van der Waals surface area contributed by atoms with Crippen LogP contribution in [0.1, 0.15) is 17.5 Å². The van der Waals surface area contributed by atoms with Gasteiger partial charge in [0.1, 0.15) is 5.82 Å². The lowest BCUT2D eigenvalue weighted by molar-refractivity contribution is -0.0774. The number of benzene rings is 1. The molecule has 4 heteroatoms. The molecule has 0 amide bonds. The molecule has 3 aliphatic rings. The fraction of sp³-hybridized carbons (Fsp3) is 0.389. The van der Waals surface area contributed by atoms with Crippen molar-refractivity contribution in [1.29, 1.82) is 0 Å². The van der Waals surface area contributed by atoms with Gasteiger partial charge in [-0.3, -0.25) is 14.8 Å². The van der Waals surface area contributed by atoms with Gasteiger partial charge in [0.05, 0.1) is 0 Å². The first-order valence-corrected chi connectivity index (χ1v) is 7.89.